The number of hydrogen-bond acceptors (Lipinski definition) is 2. The third-order valence-electron chi connectivity index (χ3n) is 2.01. The van der Waals surface area contributed by atoms with E-state index in [2.05, 4.69) is 4.99 Å². The van der Waals surface area contributed by atoms with Crippen molar-refractivity contribution in [1.29, 1.82) is 0 Å². The number of nitrogens with zero attached hydrogens (tertiary/aromatic N) is 1. The zero-order valence-corrected chi connectivity index (χ0v) is 14.9. The molecule has 19 heavy (non-hydrogen) atoms. The maximum absolute atomic E-state index is 6.24. The molecule has 0 heterocycles. The summed E-state index contributed by atoms with van der Waals surface area (Å²) in [4.78, 5) is 4.37. The molecule has 0 bridgehead atoms. The van der Waals surface area contributed by atoms with Gasteiger partial charge in [-0.05, 0) is 26.3 Å². The van der Waals surface area contributed by atoms with Crippen LogP contribution >= 0.6 is 44.8 Å². The summed E-state index contributed by atoms with van der Waals surface area (Å²) >= 11 is 23.7. The highest BCUT2D eigenvalue weighted by molar-refractivity contribution is 7.62. The maximum atomic E-state index is 6.24. The van der Waals surface area contributed by atoms with E-state index in [0.717, 1.165) is 5.56 Å². The van der Waals surface area contributed by atoms with Crippen LogP contribution in [-0.2, 0) is 4.43 Å². The molecule has 0 saturated heterocycles. The van der Waals surface area contributed by atoms with Crippen LogP contribution in [-0.4, -0.2) is 17.0 Å². The lowest BCUT2D eigenvalue weighted by atomic mass is 10.1. The van der Waals surface area contributed by atoms with E-state index >= 15 is 0 Å². The van der Waals surface area contributed by atoms with Gasteiger partial charge in [-0.3, -0.25) is 4.99 Å². The molecule has 0 aliphatic carbocycles. The normalized spacial score (nSPS) is 15.4. The predicted octanol–water partition coefficient (Wildman–Crippen LogP) is 5.33. The number of halogens is 4. The fourth-order valence-electron chi connectivity index (χ4n) is 1.39. The molecule has 1 aromatic rings. The Morgan fingerprint density at radius 3 is 2.11 bits per heavy atom. The van der Waals surface area contributed by atoms with Gasteiger partial charge < -0.3 is 4.43 Å². The minimum atomic E-state index is -3.29. The predicted molar refractivity (Wildman–Crippen MR) is 86.6 cm³/mol. The van der Waals surface area contributed by atoms with Crippen LogP contribution in [0.2, 0.25) is 0 Å². The summed E-state index contributed by atoms with van der Waals surface area (Å²) in [6.07, 6.45) is -3.94. The molecule has 0 fully saturated rings. The lowest BCUT2D eigenvalue weighted by Crippen LogP contribution is -2.25. The lowest BCUT2D eigenvalue weighted by Gasteiger charge is -2.23. The SMILES string of the molecule is CC(C)(C)N=C(Cl)[C@@H](O[Si](Cl)(Cl)Cl)c1ccccc1. The first-order valence-electron chi connectivity index (χ1n) is 5.63. The van der Waals surface area contributed by atoms with E-state index in [0.29, 0.717) is 0 Å². The third-order valence-corrected chi connectivity index (χ3v) is 3.60. The molecule has 0 saturated carbocycles. The first-order chi connectivity index (χ1) is 8.58. The van der Waals surface area contributed by atoms with Gasteiger partial charge in [0.25, 0.3) is 0 Å². The van der Waals surface area contributed by atoms with E-state index in [9.17, 15) is 0 Å². The second-order valence-electron chi connectivity index (χ2n) is 4.96. The van der Waals surface area contributed by atoms with Gasteiger partial charge in [0.2, 0.25) is 0 Å². The van der Waals surface area contributed by atoms with Gasteiger partial charge in [-0.2, -0.15) is 0 Å². The summed E-state index contributed by atoms with van der Waals surface area (Å²) in [5.41, 5.74) is 0.474. The Morgan fingerprint density at radius 2 is 1.68 bits per heavy atom. The molecule has 0 unspecified atom stereocenters. The van der Waals surface area contributed by atoms with Crippen molar-refractivity contribution in [1.82, 2.24) is 0 Å². The summed E-state index contributed by atoms with van der Waals surface area (Å²) < 4.78 is 5.50. The summed E-state index contributed by atoms with van der Waals surface area (Å²) in [6, 6.07) is 9.34. The van der Waals surface area contributed by atoms with Crippen molar-refractivity contribution in [2.45, 2.75) is 32.4 Å². The Bertz CT molecular complexity index is 439. The molecule has 0 aliphatic rings. The Morgan fingerprint density at radius 1 is 1.16 bits per heavy atom. The summed E-state index contributed by atoms with van der Waals surface area (Å²) in [5.74, 6) is 0. The van der Waals surface area contributed by atoms with E-state index in [-0.39, 0.29) is 10.7 Å². The Hall–Kier alpha value is 0.227. The molecule has 0 amide bonds. The molecule has 1 atom stereocenters. The molecule has 0 N–H and O–H groups in total. The van der Waals surface area contributed by atoms with E-state index in [1.54, 1.807) is 0 Å². The van der Waals surface area contributed by atoms with Crippen LogP contribution in [0, 0.1) is 0 Å². The van der Waals surface area contributed by atoms with Gasteiger partial charge in [0.1, 0.15) is 11.3 Å². The Labute approximate surface area is 133 Å². The number of rotatable bonds is 4. The number of benzene rings is 1. The number of hydrogen-bond donors (Lipinski definition) is 0. The highest BCUT2D eigenvalue weighted by Gasteiger charge is 2.34. The molecule has 0 spiro atoms. The first-order valence-corrected chi connectivity index (χ1v) is 11.0. The summed E-state index contributed by atoms with van der Waals surface area (Å²) in [7, 11) is 0. The van der Waals surface area contributed by atoms with Gasteiger partial charge in [-0.15, -0.1) is 0 Å². The van der Waals surface area contributed by atoms with Crippen molar-refractivity contribution in [2.24, 2.45) is 4.99 Å². The van der Waals surface area contributed by atoms with Crippen molar-refractivity contribution in [3.63, 3.8) is 0 Å². The smallest absolute Gasteiger partial charge is 0.367 e. The third kappa shape index (κ3) is 6.98. The van der Waals surface area contributed by atoms with Crippen LogP contribution < -0.4 is 0 Å². The average Bonchev–Trinajstić information content (AvgIpc) is 2.23. The summed E-state index contributed by atoms with van der Waals surface area (Å²) in [5, 5.41) is 0.275. The molecule has 0 aromatic heterocycles. The zero-order valence-electron chi connectivity index (χ0n) is 10.8. The molecule has 0 aliphatic heterocycles. The van der Waals surface area contributed by atoms with Crippen LogP contribution in [0.5, 0.6) is 0 Å². The Balaban J connectivity index is 3.10. The minimum Gasteiger partial charge on any atom is -0.367 e. The van der Waals surface area contributed by atoms with Crippen molar-refractivity contribution >= 4 is 56.3 Å². The molecule has 1 rings (SSSR count). The fourth-order valence-corrected chi connectivity index (χ4v) is 3.21. The highest BCUT2D eigenvalue weighted by atomic mass is 35.8. The van der Waals surface area contributed by atoms with Crippen molar-refractivity contribution in [3.8, 4) is 0 Å². The van der Waals surface area contributed by atoms with E-state index < -0.39 is 12.4 Å². The van der Waals surface area contributed by atoms with Gasteiger partial charge in [-0.25, -0.2) is 0 Å². The zero-order chi connectivity index (χ0) is 14.7. The highest BCUT2D eigenvalue weighted by Crippen LogP contribution is 2.32. The van der Waals surface area contributed by atoms with Crippen molar-refractivity contribution in [3.05, 3.63) is 35.9 Å². The summed E-state index contributed by atoms with van der Waals surface area (Å²) in [6.45, 7) is 5.80. The van der Waals surface area contributed by atoms with E-state index in [4.69, 9.17) is 49.3 Å². The largest absolute Gasteiger partial charge is 0.494 e. The van der Waals surface area contributed by atoms with Gasteiger partial charge in [0.05, 0.1) is 5.54 Å². The monoisotopic (exact) mass is 357 g/mol. The van der Waals surface area contributed by atoms with Crippen molar-refractivity contribution < 1.29 is 4.43 Å². The number of aliphatic imine (C=N–C) groups is 1. The fraction of sp³-hybridized carbons (Fsp3) is 0.417. The first kappa shape index (κ1) is 17.3. The minimum absolute atomic E-state index is 0.275. The van der Waals surface area contributed by atoms with Gasteiger partial charge in [0.15, 0.2) is 0 Å². The quantitative estimate of drug-likeness (QED) is 0.404. The molecule has 1 aromatic carbocycles. The van der Waals surface area contributed by atoms with Crippen LogP contribution in [0.4, 0.5) is 0 Å². The van der Waals surface area contributed by atoms with Crippen molar-refractivity contribution in [2.75, 3.05) is 0 Å². The van der Waals surface area contributed by atoms with Crippen LogP contribution in [0.15, 0.2) is 35.3 Å². The topological polar surface area (TPSA) is 21.6 Å². The molecule has 0 radical (unpaired) electrons. The molecular formula is C12H15Cl4NOSi. The standard InChI is InChI=1S/C12H15Cl4NOSi/c1-12(2,3)17-11(13)10(18-19(14,15)16)9-7-5-4-6-8-9/h4-8,10H,1-3H3/t10-/m0/s1. The van der Waals surface area contributed by atoms with Gasteiger partial charge in [0, 0.05) is 0 Å². The van der Waals surface area contributed by atoms with E-state index in [1.165, 1.54) is 0 Å². The van der Waals surface area contributed by atoms with Gasteiger partial charge in [-0.1, -0.05) is 75.2 Å². The van der Waals surface area contributed by atoms with Gasteiger partial charge >= 0.3 is 6.25 Å². The molecular weight excluding hydrogens is 344 g/mol. The Kier molecular flexibility index (Phi) is 6.17. The molecule has 106 valence electrons. The van der Waals surface area contributed by atoms with Crippen LogP contribution in [0.1, 0.15) is 32.4 Å². The van der Waals surface area contributed by atoms with Crippen LogP contribution in [0.25, 0.3) is 0 Å². The molecule has 7 heteroatoms. The lowest BCUT2D eigenvalue weighted by molar-refractivity contribution is 0.290. The van der Waals surface area contributed by atoms with Crippen LogP contribution in [0.3, 0.4) is 0 Å². The second kappa shape index (κ2) is 6.79. The average molecular weight is 359 g/mol. The maximum Gasteiger partial charge on any atom is 0.494 e. The van der Waals surface area contributed by atoms with E-state index in [1.807, 2.05) is 51.1 Å². The molecule has 2 nitrogen and oxygen atoms in total. The second-order valence-corrected chi connectivity index (χ2v) is 13.0.